The summed E-state index contributed by atoms with van der Waals surface area (Å²) in [7, 11) is 0. The summed E-state index contributed by atoms with van der Waals surface area (Å²) in [6, 6.07) is 5.48. The summed E-state index contributed by atoms with van der Waals surface area (Å²) in [6.45, 7) is 3.63. The van der Waals surface area contributed by atoms with Gasteiger partial charge in [-0.1, -0.05) is 11.6 Å². The van der Waals surface area contributed by atoms with Crippen LogP contribution >= 0.6 is 23.1 Å². The van der Waals surface area contributed by atoms with E-state index in [1.54, 1.807) is 19.1 Å². The molecule has 1 atom stereocenters. The second-order valence-electron chi connectivity index (χ2n) is 4.33. The quantitative estimate of drug-likeness (QED) is 0.907. The van der Waals surface area contributed by atoms with Crippen molar-refractivity contribution in [3.05, 3.63) is 34.4 Å². The molecular formula is C12H12ClN3O2S. The highest BCUT2D eigenvalue weighted by atomic mass is 35.5. The minimum Gasteiger partial charge on any atom is -0.463 e. The Balaban J connectivity index is 2.12. The van der Waals surface area contributed by atoms with Crippen LogP contribution in [0.5, 0.6) is 0 Å². The first-order chi connectivity index (χ1) is 8.94. The number of aryl methyl sites for hydroxylation is 1. The fourth-order valence-electron chi connectivity index (χ4n) is 1.55. The first-order valence-electron chi connectivity index (χ1n) is 5.52. The zero-order valence-electron chi connectivity index (χ0n) is 10.4. The van der Waals surface area contributed by atoms with E-state index in [4.69, 9.17) is 21.3 Å². The van der Waals surface area contributed by atoms with Gasteiger partial charge in [0.2, 0.25) is 0 Å². The monoisotopic (exact) mass is 297 g/mol. The number of furan rings is 1. The van der Waals surface area contributed by atoms with Crippen LogP contribution in [0.25, 0.3) is 0 Å². The van der Waals surface area contributed by atoms with Crippen molar-refractivity contribution in [2.75, 3.05) is 11.9 Å². The molecule has 0 aliphatic carbocycles. The molecule has 0 amide bonds. The van der Waals surface area contributed by atoms with Crippen molar-refractivity contribution < 1.29 is 9.52 Å². The number of nitrogens with zero attached hydrogens (tertiary/aromatic N) is 2. The van der Waals surface area contributed by atoms with E-state index in [-0.39, 0.29) is 17.3 Å². The van der Waals surface area contributed by atoms with Gasteiger partial charge in [0.1, 0.15) is 33.8 Å². The van der Waals surface area contributed by atoms with Gasteiger partial charge in [-0.15, -0.1) is 0 Å². The lowest BCUT2D eigenvalue weighted by Gasteiger charge is -2.21. The normalized spacial score (nSPS) is 13.8. The maximum atomic E-state index is 10.3. The van der Waals surface area contributed by atoms with Gasteiger partial charge in [-0.25, -0.2) is 0 Å². The highest BCUT2D eigenvalue weighted by Gasteiger charge is 2.27. The zero-order valence-corrected chi connectivity index (χ0v) is 12.0. The molecule has 19 heavy (non-hydrogen) atoms. The Morgan fingerprint density at radius 2 is 2.37 bits per heavy atom. The molecule has 0 fully saturated rings. The molecule has 0 spiro atoms. The first kappa shape index (κ1) is 13.9. The van der Waals surface area contributed by atoms with Crippen LogP contribution < -0.4 is 5.32 Å². The largest absolute Gasteiger partial charge is 0.463 e. The van der Waals surface area contributed by atoms with Gasteiger partial charge in [-0.2, -0.15) is 9.64 Å². The molecule has 0 radical (unpaired) electrons. The van der Waals surface area contributed by atoms with Gasteiger partial charge in [0.15, 0.2) is 5.15 Å². The lowest BCUT2D eigenvalue weighted by molar-refractivity contribution is 0.0469. The van der Waals surface area contributed by atoms with Gasteiger partial charge in [-0.05, 0) is 37.5 Å². The maximum Gasteiger partial charge on any atom is 0.162 e. The molecule has 2 heterocycles. The summed E-state index contributed by atoms with van der Waals surface area (Å²) in [5, 5.41) is 23.0. The summed E-state index contributed by atoms with van der Waals surface area (Å²) >= 11 is 6.86. The summed E-state index contributed by atoms with van der Waals surface area (Å²) in [5.74, 6) is 1.19. The molecule has 0 saturated carbocycles. The summed E-state index contributed by atoms with van der Waals surface area (Å²) in [5.41, 5.74) is -0.893. The number of nitrogens with one attached hydrogen (secondary N) is 1. The molecule has 0 bridgehead atoms. The molecule has 2 aromatic rings. The lowest BCUT2D eigenvalue weighted by atomic mass is 10.0. The van der Waals surface area contributed by atoms with E-state index >= 15 is 0 Å². The van der Waals surface area contributed by atoms with Crippen molar-refractivity contribution >= 4 is 28.1 Å². The van der Waals surface area contributed by atoms with Crippen LogP contribution in [0.2, 0.25) is 5.15 Å². The second kappa shape index (κ2) is 5.21. The highest BCUT2D eigenvalue weighted by Crippen LogP contribution is 2.29. The topological polar surface area (TPSA) is 82.1 Å². The fourth-order valence-corrected chi connectivity index (χ4v) is 2.48. The Kier molecular flexibility index (Phi) is 3.80. The van der Waals surface area contributed by atoms with Crippen LogP contribution in [-0.4, -0.2) is 16.0 Å². The Bertz CT molecular complexity index is 627. The molecule has 5 nitrogen and oxygen atoms in total. The molecule has 0 saturated heterocycles. The van der Waals surface area contributed by atoms with Crippen LogP contribution in [-0.2, 0) is 5.60 Å². The Morgan fingerprint density at radius 1 is 1.63 bits per heavy atom. The summed E-state index contributed by atoms with van der Waals surface area (Å²) in [6.07, 6.45) is 0. The van der Waals surface area contributed by atoms with Crippen LogP contribution in [0.4, 0.5) is 5.00 Å². The number of halogens is 1. The number of anilines is 1. The molecule has 2 aromatic heterocycles. The number of nitriles is 1. The number of rotatable bonds is 4. The van der Waals surface area contributed by atoms with Gasteiger partial charge in [0.05, 0.1) is 6.54 Å². The van der Waals surface area contributed by atoms with E-state index in [1.165, 1.54) is 0 Å². The fraction of sp³-hybridized carbons (Fsp3) is 0.333. The number of aliphatic hydroxyl groups is 1. The van der Waals surface area contributed by atoms with Crippen LogP contribution in [0.15, 0.2) is 16.5 Å². The molecule has 100 valence electrons. The van der Waals surface area contributed by atoms with E-state index in [0.717, 1.165) is 17.3 Å². The van der Waals surface area contributed by atoms with Gasteiger partial charge in [0.25, 0.3) is 0 Å². The minimum absolute atomic E-state index is 0.170. The third kappa shape index (κ3) is 2.89. The van der Waals surface area contributed by atoms with Crippen molar-refractivity contribution in [3.8, 4) is 6.07 Å². The standard InChI is InChI=1S/C12H12ClN3O2S/c1-7-3-4-9(18-7)12(2,17)6-15-11-8(5-14)10(13)16-19-11/h3-4,15,17H,6H2,1-2H3. The predicted octanol–water partition coefficient (Wildman–Crippen LogP) is 2.89. The number of hydrogen-bond donors (Lipinski definition) is 2. The molecule has 0 aliphatic heterocycles. The van der Waals surface area contributed by atoms with Gasteiger partial charge < -0.3 is 14.8 Å². The van der Waals surface area contributed by atoms with E-state index in [1.807, 2.05) is 13.0 Å². The van der Waals surface area contributed by atoms with E-state index < -0.39 is 5.60 Å². The maximum absolute atomic E-state index is 10.3. The average Bonchev–Trinajstić information content (AvgIpc) is 2.93. The summed E-state index contributed by atoms with van der Waals surface area (Å²) < 4.78 is 9.29. The van der Waals surface area contributed by atoms with Gasteiger partial charge in [0, 0.05) is 0 Å². The van der Waals surface area contributed by atoms with Crippen LogP contribution in [0.1, 0.15) is 24.0 Å². The van der Waals surface area contributed by atoms with Gasteiger partial charge >= 0.3 is 0 Å². The SMILES string of the molecule is Cc1ccc(C(C)(O)CNc2snc(Cl)c2C#N)o1. The van der Waals surface area contributed by atoms with Gasteiger partial charge in [-0.3, -0.25) is 0 Å². The average molecular weight is 298 g/mol. The molecule has 2 N–H and O–H groups in total. The minimum atomic E-state index is -1.18. The molecule has 2 rings (SSSR count). The first-order valence-corrected chi connectivity index (χ1v) is 6.67. The van der Waals surface area contributed by atoms with Crippen molar-refractivity contribution in [1.29, 1.82) is 5.26 Å². The van der Waals surface area contributed by atoms with Crippen LogP contribution in [0.3, 0.4) is 0 Å². The molecule has 7 heteroatoms. The molecule has 0 aromatic carbocycles. The summed E-state index contributed by atoms with van der Waals surface area (Å²) in [4.78, 5) is 0. The van der Waals surface area contributed by atoms with Crippen LogP contribution in [0, 0.1) is 18.3 Å². The second-order valence-corrected chi connectivity index (χ2v) is 5.46. The molecule has 0 aliphatic rings. The number of hydrogen-bond acceptors (Lipinski definition) is 6. The predicted molar refractivity (Wildman–Crippen MR) is 73.3 cm³/mol. The third-order valence-electron chi connectivity index (χ3n) is 2.63. The van der Waals surface area contributed by atoms with E-state index in [2.05, 4.69) is 9.69 Å². The molecular weight excluding hydrogens is 286 g/mol. The Labute approximate surface area is 119 Å². The van der Waals surface area contributed by atoms with E-state index in [9.17, 15) is 5.11 Å². The zero-order chi connectivity index (χ0) is 14.0. The van der Waals surface area contributed by atoms with Crippen molar-refractivity contribution in [2.45, 2.75) is 19.4 Å². The smallest absolute Gasteiger partial charge is 0.162 e. The Morgan fingerprint density at radius 3 is 2.95 bits per heavy atom. The highest BCUT2D eigenvalue weighted by molar-refractivity contribution is 7.10. The lowest BCUT2D eigenvalue weighted by Crippen LogP contribution is -2.30. The Hall–Kier alpha value is -1.55. The van der Waals surface area contributed by atoms with E-state index in [0.29, 0.717) is 10.8 Å². The molecule has 1 unspecified atom stereocenters. The number of aromatic nitrogens is 1. The van der Waals surface area contributed by atoms with Crippen molar-refractivity contribution in [1.82, 2.24) is 4.37 Å². The third-order valence-corrected chi connectivity index (χ3v) is 3.81. The van der Waals surface area contributed by atoms with Crippen molar-refractivity contribution in [3.63, 3.8) is 0 Å². The van der Waals surface area contributed by atoms with Crippen molar-refractivity contribution in [2.24, 2.45) is 0 Å².